The predicted octanol–water partition coefficient (Wildman–Crippen LogP) is 4.30. The molecule has 0 aliphatic rings. The molecule has 0 bridgehead atoms. The molecule has 6 nitrogen and oxygen atoms in total. The quantitative estimate of drug-likeness (QED) is 0.388. The molecule has 1 heterocycles. The Morgan fingerprint density at radius 1 is 0.714 bits per heavy atom. The Bertz CT molecular complexity index is 523. The van der Waals surface area contributed by atoms with E-state index in [1.165, 1.54) is 57.8 Å². The van der Waals surface area contributed by atoms with E-state index in [1.807, 2.05) is 0 Å². The molecule has 0 aliphatic carbocycles. The molecule has 6 heteroatoms. The number of nitrogens with zero attached hydrogens (tertiary/aromatic N) is 2. The third kappa shape index (κ3) is 14.1. The second-order valence-electron chi connectivity index (χ2n) is 7.36. The minimum absolute atomic E-state index is 0.0859. The molecule has 0 aliphatic heterocycles. The molecule has 1 aromatic rings. The fraction of sp³-hybridized carbons (Fsp3) is 0.727. The Balaban J connectivity index is 1.78. The van der Waals surface area contributed by atoms with Gasteiger partial charge in [-0.05, 0) is 18.9 Å². The summed E-state index contributed by atoms with van der Waals surface area (Å²) in [7, 11) is 1.70. The predicted molar refractivity (Wildman–Crippen MR) is 113 cm³/mol. The van der Waals surface area contributed by atoms with Crippen molar-refractivity contribution in [1.29, 1.82) is 0 Å². The van der Waals surface area contributed by atoms with Gasteiger partial charge in [0.25, 0.3) is 0 Å². The molecule has 0 fully saturated rings. The Morgan fingerprint density at radius 3 is 1.61 bits per heavy atom. The minimum atomic E-state index is 0.0859. The van der Waals surface area contributed by atoms with Gasteiger partial charge in [0.15, 0.2) is 0 Å². The van der Waals surface area contributed by atoms with Crippen molar-refractivity contribution >= 4 is 11.8 Å². The fourth-order valence-electron chi connectivity index (χ4n) is 3.15. The lowest BCUT2D eigenvalue weighted by molar-refractivity contribution is -0.121. The molecule has 0 unspecified atom stereocenters. The first-order chi connectivity index (χ1) is 13.7. The number of aromatic nitrogens is 2. The Hall–Kier alpha value is -1.98. The van der Waals surface area contributed by atoms with Crippen LogP contribution < -0.4 is 10.6 Å². The summed E-state index contributed by atoms with van der Waals surface area (Å²) in [6.07, 6.45) is 19.2. The summed E-state index contributed by atoms with van der Waals surface area (Å²) < 4.78 is 0. The van der Waals surface area contributed by atoms with E-state index in [1.54, 1.807) is 25.5 Å². The SMILES string of the molecule is CNC(=O)CCCCCCCCCCCCCCC(=O)NCc1ncccn1. The van der Waals surface area contributed by atoms with Crippen molar-refractivity contribution < 1.29 is 9.59 Å². The maximum absolute atomic E-state index is 11.8. The normalized spacial score (nSPS) is 10.6. The molecule has 0 saturated carbocycles. The third-order valence-corrected chi connectivity index (χ3v) is 4.90. The van der Waals surface area contributed by atoms with Crippen molar-refractivity contribution in [1.82, 2.24) is 20.6 Å². The largest absolute Gasteiger partial charge is 0.359 e. The molecule has 0 aromatic carbocycles. The van der Waals surface area contributed by atoms with Gasteiger partial charge in [-0.1, -0.05) is 64.2 Å². The maximum atomic E-state index is 11.8. The number of unbranched alkanes of at least 4 members (excludes halogenated alkanes) is 11. The molecule has 1 rings (SSSR count). The standard InChI is InChI=1S/C22H38N4O2/c1-23-21(27)15-12-10-8-6-4-2-3-5-7-9-11-13-16-22(28)26-19-20-24-17-14-18-25-20/h14,17-18H,2-13,15-16,19H2,1H3,(H,23,27)(H,26,28). The Labute approximate surface area is 170 Å². The van der Waals surface area contributed by atoms with Gasteiger partial charge in [-0.2, -0.15) is 0 Å². The van der Waals surface area contributed by atoms with E-state index in [2.05, 4.69) is 20.6 Å². The van der Waals surface area contributed by atoms with Gasteiger partial charge in [-0.3, -0.25) is 9.59 Å². The van der Waals surface area contributed by atoms with Gasteiger partial charge in [-0.15, -0.1) is 0 Å². The molecule has 0 spiro atoms. The summed E-state index contributed by atoms with van der Waals surface area (Å²) in [5, 5.41) is 5.53. The summed E-state index contributed by atoms with van der Waals surface area (Å²) in [6, 6.07) is 1.77. The highest BCUT2D eigenvalue weighted by Crippen LogP contribution is 2.13. The molecule has 28 heavy (non-hydrogen) atoms. The van der Waals surface area contributed by atoms with Crippen LogP contribution in [0.2, 0.25) is 0 Å². The van der Waals surface area contributed by atoms with Crippen molar-refractivity contribution in [3.8, 4) is 0 Å². The first-order valence-electron chi connectivity index (χ1n) is 11.0. The molecular weight excluding hydrogens is 352 g/mol. The van der Waals surface area contributed by atoms with E-state index in [0.29, 0.717) is 25.2 Å². The summed E-state index contributed by atoms with van der Waals surface area (Å²) in [5.41, 5.74) is 0. The number of nitrogens with one attached hydrogen (secondary N) is 2. The van der Waals surface area contributed by atoms with Crippen LogP contribution in [0.1, 0.15) is 95.7 Å². The van der Waals surface area contributed by atoms with Gasteiger partial charge in [-0.25, -0.2) is 9.97 Å². The van der Waals surface area contributed by atoms with Gasteiger partial charge in [0, 0.05) is 32.3 Å². The van der Waals surface area contributed by atoms with E-state index in [9.17, 15) is 9.59 Å². The molecule has 158 valence electrons. The molecule has 2 N–H and O–H groups in total. The zero-order chi connectivity index (χ0) is 20.3. The summed E-state index contributed by atoms with van der Waals surface area (Å²) >= 11 is 0. The molecule has 0 atom stereocenters. The average Bonchev–Trinajstić information content (AvgIpc) is 2.73. The van der Waals surface area contributed by atoms with E-state index >= 15 is 0 Å². The Morgan fingerprint density at radius 2 is 1.14 bits per heavy atom. The topological polar surface area (TPSA) is 84.0 Å². The third-order valence-electron chi connectivity index (χ3n) is 4.90. The van der Waals surface area contributed by atoms with E-state index in [4.69, 9.17) is 0 Å². The lowest BCUT2D eigenvalue weighted by Gasteiger charge is -2.05. The van der Waals surface area contributed by atoms with Crippen LogP contribution in [-0.2, 0) is 16.1 Å². The van der Waals surface area contributed by atoms with Crippen molar-refractivity contribution in [3.05, 3.63) is 24.3 Å². The van der Waals surface area contributed by atoms with Gasteiger partial charge in [0.2, 0.25) is 11.8 Å². The van der Waals surface area contributed by atoms with E-state index < -0.39 is 0 Å². The van der Waals surface area contributed by atoms with E-state index in [-0.39, 0.29) is 11.8 Å². The number of carbonyl (C=O) groups excluding carboxylic acids is 2. The highest BCUT2D eigenvalue weighted by Gasteiger charge is 2.02. The molecule has 2 amide bonds. The second kappa shape index (κ2) is 17.1. The van der Waals surface area contributed by atoms with Gasteiger partial charge in [0.05, 0.1) is 6.54 Å². The van der Waals surface area contributed by atoms with Crippen LogP contribution in [0.3, 0.4) is 0 Å². The summed E-state index contributed by atoms with van der Waals surface area (Å²) in [6.45, 7) is 0.410. The maximum Gasteiger partial charge on any atom is 0.220 e. The zero-order valence-corrected chi connectivity index (χ0v) is 17.5. The zero-order valence-electron chi connectivity index (χ0n) is 17.5. The molecule has 0 radical (unpaired) electrons. The van der Waals surface area contributed by atoms with Crippen LogP contribution >= 0.6 is 0 Å². The number of hydrogen-bond donors (Lipinski definition) is 2. The average molecular weight is 391 g/mol. The number of hydrogen-bond acceptors (Lipinski definition) is 4. The van der Waals surface area contributed by atoms with Crippen LogP contribution in [0.5, 0.6) is 0 Å². The minimum Gasteiger partial charge on any atom is -0.359 e. The van der Waals surface area contributed by atoms with Crippen LogP contribution in [0, 0.1) is 0 Å². The van der Waals surface area contributed by atoms with Gasteiger partial charge in [0.1, 0.15) is 5.82 Å². The lowest BCUT2D eigenvalue weighted by Crippen LogP contribution is -2.23. The van der Waals surface area contributed by atoms with Crippen molar-refractivity contribution in [2.45, 2.75) is 96.4 Å². The molecule has 0 saturated heterocycles. The number of carbonyl (C=O) groups is 2. The summed E-state index contributed by atoms with van der Waals surface area (Å²) in [4.78, 5) is 31.1. The van der Waals surface area contributed by atoms with Gasteiger partial charge >= 0.3 is 0 Å². The fourth-order valence-corrected chi connectivity index (χ4v) is 3.15. The van der Waals surface area contributed by atoms with E-state index in [0.717, 1.165) is 19.3 Å². The van der Waals surface area contributed by atoms with Crippen LogP contribution in [-0.4, -0.2) is 28.8 Å². The Kier molecular flexibility index (Phi) is 14.7. The lowest BCUT2D eigenvalue weighted by atomic mass is 10.0. The highest BCUT2D eigenvalue weighted by atomic mass is 16.2. The molecular formula is C22H38N4O2. The smallest absolute Gasteiger partial charge is 0.220 e. The second-order valence-corrected chi connectivity index (χ2v) is 7.36. The van der Waals surface area contributed by atoms with Crippen LogP contribution in [0.25, 0.3) is 0 Å². The number of rotatable bonds is 17. The van der Waals surface area contributed by atoms with Gasteiger partial charge < -0.3 is 10.6 Å². The van der Waals surface area contributed by atoms with Crippen molar-refractivity contribution in [2.24, 2.45) is 0 Å². The van der Waals surface area contributed by atoms with Crippen molar-refractivity contribution in [3.63, 3.8) is 0 Å². The summed E-state index contributed by atoms with van der Waals surface area (Å²) in [5.74, 6) is 0.893. The monoisotopic (exact) mass is 390 g/mol. The highest BCUT2D eigenvalue weighted by molar-refractivity contribution is 5.75. The van der Waals surface area contributed by atoms with Crippen LogP contribution in [0.15, 0.2) is 18.5 Å². The first kappa shape index (κ1) is 24.1. The molecule has 1 aromatic heterocycles. The van der Waals surface area contributed by atoms with Crippen LogP contribution in [0.4, 0.5) is 0 Å². The first-order valence-corrected chi connectivity index (χ1v) is 11.0. The number of amides is 2. The van der Waals surface area contributed by atoms with Crippen molar-refractivity contribution in [2.75, 3.05) is 7.05 Å².